The number of hydrogen-bond donors (Lipinski definition) is 2. The zero-order valence-electron chi connectivity index (χ0n) is 14.9. The standard InChI is InChI=1S/C10H19NO.C9H7N3O2/c1-2-4-10(5-3-1)11-6-8-12-9-7-11;10-8(13)5-1-2-7-6(3-5)9(14)12-4-11-7/h10H,1-9H2;1-4H,(H2,10,13)(H,11,12,14). The average molecular weight is 358 g/mol. The van der Waals surface area contributed by atoms with E-state index in [1.165, 1.54) is 63.7 Å². The van der Waals surface area contributed by atoms with Gasteiger partial charge in [-0.3, -0.25) is 14.5 Å². The molecule has 0 spiro atoms. The molecule has 7 heteroatoms. The summed E-state index contributed by atoms with van der Waals surface area (Å²) in [6, 6.07) is 5.45. The molecule has 1 aromatic heterocycles. The molecule has 0 atom stereocenters. The maximum Gasteiger partial charge on any atom is 0.258 e. The van der Waals surface area contributed by atoms with Crippen LogP contribution in [0, 0.1) is 0 Å². The van der Waals surface area contributed by atoms with E-state index in [0.29, 0.717) is 16.5 Å². The quantitative estimate of drug-likeness (QED) is 0.850. The third-order valence-electron chi connectivity index (χ3n) is 5.06. The van der Waals surface area contributed by atoms with Gasteiger partial charge in [-0.05, 0) is 31.0 Å². The number of nitrogens with two attached hydrogens (primary N) is 1. The van der Waals surface area contributed by atoms with Crippen molar-refractivity contribution < 1.29 is 9.53 Å². The van der Waals surface area contributed by atoms with E-state index in [4.69, 9.17) is 10.5 Å². The molecule has 2 aliphatic rings. The van der Waals surface area contributed by atoms with Gasteiger partial charge in [-0.1, -0.05) is 19.3 Å². The SMILES string of the molecule is C1CCC(N2CCOCC2)CC1.NC(=O)c1ccc2nc[nH]c(=O)c2c1. The number of fused-ring (bicyclic) bond motifs is 1. The third-order valence-corrected chi connectivity index (χ3v) is 5.06. The number of amides is 1. The molecule has 3 N–H and O–H groups in total. The van der Waals surface area contributed by atoms with Crippen molar-refractivity contribution in [1.29, 1.82) is 0 Å². The highest BCUT2D eigenvalue weighted by atomic mass is 16.5. The average Bonchev–Trinajstić information content (AvgIpc) is 2.70. The van der Waals surface area contributed by atoms with Crippen LogP contribution >= 0.6 is 0 Å². The van der Waals surface area contributed by atoms with Crippen LogP contribution in [0.15, 0.2) is 29.3 Å². The topological polar surface area (TPSA) is 101 Å². The van der Waals surface area contributed by atoms with Crippen molar-refractivity contribution in [2.24, 2.45) is 5.73 Å². The molecule has 7 nitrogen and oxygen atoms in total. The molecule has 2 heterocycles. The highest BCUT2D eigenvalue weighted by Crippen LogP contribution is 2.22. The predicted octanol–water partition coefficient (Wildman–Crippen LogP) is 1.67. The van der Waals surface area contributed by atoms with Gasteiger partial charge in [-0.2, -0.15) is 0 Å². The van der Waals surface area contributed by atoms with Gasteiger partial charge in [0.2, 0.25) is 5.91 Å². The fraction of sp³-hybridized carbons (Fsp3) is 0.526. The molecule has 4 rings (SSSR count). The molecule has 1 aliphatic heterocycles. The van der Waals surface area contributed by atoms with E-state index in [2.05, 4.69) is 14.9 Å². The lowest BCUT2D eigenvalue weighted by Crippen LogP contribution is -2.44. The second-order valence-electron chi connectivity index (χ2n) is 6.77. The first-order valence-electron chi connectivity index (χ1n) is 9.24. The van der Waals surface area contributed by atoms with E-state index >= 15 is 0 Å². The Kier molecular flexibility index (Phi) is 6.35. The smallest absolute Gasteiger partial charge is 0.258 e. The summed E-state index contributed by atoms with van der Waals surface area (Å²) in [7, 11) is 0. The van der Waals surface area contributed by atoms with Crippen molar-refractivity contribution in [3.05, 3.63) is 40.4 Å². The van der Waals surface area contributed by atoms with E-state index in [1.807, 2.05) is 0 Å². The van der Waals surface area contributed by atoms with Gasteiger partial charge >= 0.3 is 0 Å². The van der Waals surface area contributed by atoms with Gasteiger partial charge < -0.3 is 15.5 Å². The van der Waals surface area contributed by atoms with Crippen LogP contribution in [0.4, 0.5) is 0 Å². The first-order valence-corrected chi connectivity index (χ1v) is 9.24. The van der Waals surface area contributed by atoms with Crippen molar-refractivity contribution in [3.63, 3.8) is 0 Å². The Labute approximate surface area is 152 Å². The maximum atomic E-state index is 11.3. The number of morpholine rings is 1. The first-order chi connectivity index (χ1) is 12.6. The molecule has 140 valence electrons. The van der Waals surface area contributed by atoms with E-state index in [0.717, 1.165) is 19.3 Å². The monoisotopic (exact) mass is 358 g/mol. The molecule has 1 saturated heterocycles. The number of nitrogens with zero attached hydrogens (tertiary/aromatic N) is 2. The lowest BCUT2D eigenvalue weighted by molar-refractivity contribution is 0.00858. The molecular formula is C19H26N4O3. The zero-order chi connectivity index (χ0) is 18.4. The highest BCUT2D eigenvalue weighted by Gasteiger charge is 2.22. The molecule has 0 bridgehead atoms. The highest BCUT2D eigenvalue weighted by molar-refractivity contribution is 5.96. The third kappa shape index (κ3) is 4.68. The number of benzene rings is 1. The molecule has 2 aromatic rings. The van der Waals surface area contributed by atoms with Crippen LogP contribution < -0.4 is 11.3 Å². The van der Waals surface area contributed by atoms with Crippen LogP contribution in [0.1, 0.15) is 42.5 Å². The summed E-state index contributed by atoms with van der Waals surface area (Å²) < 4.78 is 5.35. The van der Waals surface area contributed by atoms with Crippen molar-refractivity contribution >= 4 is 16.8 Å². The summed E-state index contributed by atoms with van der Waals surface area (Å²) in [5.74, 6) is -0.560. The maximum absolute atomic E-state index is 11.3. The summed E-state index contributed by atoms with van der Waals surface area (Å²) in [5.41, 5.74) is 5.65. The van der Waals surface area contributed by atoms with Crippen LogP contribution in [-0.4, -0.2) is 53.1 Å². The number of rotatable bonds is 2. The number of aromatic amines is 1. The fourth-order valence-corrected chi connectivity index (χ4v) is 3.61. The molecule has 0 unspecified atom stereocenters. The minimum atomic E-state index is -0.560. The van der Waals surface area contributed by atoms with Crippen LogP contribution in [0.5, 0.6) is 0 Å². The minimum Gasteiger partial charge on any atom is -0.379 e. The summed E-state index contributed by atoms with van der Waals surface area (Å²) in [4.78, 5) is 31.1. The molecule has 26 heavy (non-hydrogen) atoms. The van der Waals surface area contributed by atoms with Crippen LogP contribution in [0.3, 0.4) is 0 Å². The Balaban J connectivity index is 0.000000152. The lowest BCUT2D eigenvalue weighted by Gasteiger charge is -2.36. The van der Waals surface area contributed by atoms with E-state index < -0.39 is 5.91 Å². The van der Waals surface area contributed by atoms with E-state index in [-0.39, 0.29) is 5.56 Å². The van der Waals surface area contributed by atoms with Gasteiger partial charge in [0.15, 0.2) is 0 Å². The van der Waals surface area contributed by atoms with Gasteiger partial charge in [0, 0.05) is 24.7 Å². The second-order valence-corrected chi connectivity index (χ2v) is 6.77. The Bertz CT molecular complexity index is 777. The molecule has 1 amide bonds. The van der Waals surface area contributed by atoms with Crippen LogP contribution in [0.2, 0.25) is 0 Å². The predicted molar refractivity (Wildman–Crippen MR) is 100 cm³/mol. The van der Waals surface area contributed by atoms with Crippen LogP contribution in [-0.2, 0) is 4.74 Å². The largest absolute Gasteiger partial charge is 0.379 e. The number of ether oxygens (including phenoxy) is 1. The molecule has 1 saturated carbocycles. The van der Waals surface area contributed by atoms with E-state index in [9.17, 15) is 9.59 Å². The molecule has 2 fully saturated rings. The number of carbonyl (C=O) groups is 1. The van der Waals surface area contributed by atoms with Crippen molar-refractivity contribution in [2.75, 3.05) is 26.3 Å². The lowest BCUT2D eigenvalue weighted by atomic mass is 9.94. The number of H-pyrrole nitrogens is 1. The number of carbonyl (C=O) groups excluding carboxylic acids is 1. The van der Waals surface area contributed by atoms with Gasteiger partial charge in [0.05, 0.1) is 30.4 Å². The Morgan fingerprint density at radius 1 is 1.19 bits per heavy atom. The Morgan fingerprint density at radius 3 is 2.62 bits per heavy atom. The minimum absolute atomic E-state index is 0.280. The van der Waals surface area contributed by atoms with Gasteiger partial charge in [0.25, 0.3) is 5.56 Å². The number of aromatic nitrogens is 2. The second kappa shape index (κ2) is 8.91. The summed E-state index contributed by atoms with van der Waals surface area (Å²) in [5, 5.41) is 0.365. The normalized spacial score (nSPS) is 18.9. The van der Waals surface area contributed by atoms with Gasteiger partial charge in [0.1, 0.15) is 0 Å². The van der Waals surface area contributed by atoms with Crippen LogP contribution in [0.25, 0.3) is 10.9 Å². The first kappa shape index (κ1) is 18.5. The fourth-order valence-electron chi connectivity index (χ4n) is 3.61. The van der Waals surface area contributed by atoms with Crippen molar-refractivity contribution in [2.45, 2.75) is 38.1 Å². The molecular weight excluding hydrogens is 332 g/mol. The summed E-state index contributed by atoms with van der Waals surface area (Å²) >= 11 is 0. The number of hydrogen-bond acceptors (Lipinski definition) is 5. The van der Waals surface area contributed by atoms with E-state index in [1.54, 1.807) is 6.07 Å². The summed E-state index contributed by atoms with van der Waals surface area (Å²) in [6.07, 6.45) is 8.53. The molecule has 1 aromatic carbocycles. The number of nitrogens with one attached hydrogen (secondary N) is 1. The Morgan fingerprint density at radius 2 is 1.92 bits per heavy atom. The zero-order valence-corrected chi connectivity index (χ0v) is 14.9. The van der Waals surface area contributed by atoms with Crippen molar-refractivity contribution in [3.8, 4) is 0 Å². The van der Waals surface area contributed by atoms with Gasteiger partial charge in [-0.25, -0.2) is 4.98 Å². The van der Waals surface area contributed by atoms with Crippen molar-refractivity contribution in [1.82, 2.24) is 14.9 Å². The molecule has 0 radical (unpaired) electrons. The number of primary amides is 1. The van der Waals surface area contributed by atoms with Gasteiger partial charge in [-0.15, -0.1) is 0 Å². The summed E-state index contributed by atoms with van der Waals surface area (Å²) in [6.45, 7) is 4.25. The Hall–Kier alpha value is -2.25. The molecule has 1 aliphatic carbocycles.